The van der Waals surface area contributed by atoms with Crippen molar-refractivity contribution in [2.45, 2.75) is 25.3 Å². The van der Waals surface area contributed by atoms with Gasteiger partial charge in [0.25, 0.3) is 5.91 Å². The fourth-order valence-corrected chi connectivity index (χ4v) is 3.01. The van der Waals surface area contributed by atoms with E-state index in [1.54, 1.807) is 13.2 Å². The molecular weight excluding hydrogens is 302 g/mol. The molecule has 4 nitrogen and oxygen atoms in total. The van der Waals surface area contributed by atoms with Crippen LogP contribution in [-0.4, -0.2) is 30.8 Å². The van der Waals surface area contributed by atoms with Gasteiger partial charge in [-0.2, -0.15) is 0 Å². The standard InChI is InChI=1S/C20H23NO3/c1-24-19-10-9-16(13-17(19)14-5-3-2-4-6-14)20(23)21-18(11-12-22)15-7-8-15/h2-6,9-10,13,15,18,22H,7-8,11-12H2,1H3,(H,21,23). The van der Waals surface area contributed by atoms with Crippen molar-refractivity contribution < 1.29 is 14.6 Å². The molecule has 1 aliphatic carbocycles. The van der Waals surface area contributed by atoms with Crippen LogP contribution in [0.15, 0.2) is 48.5 Å². The van der Waals surface area contributed by atoms with Gasteiger partial charge in [-0.1, -0.05) is 30.3 Å². The van der Waals surface area contributed by atoms with Crippen molar-refractivity contribution in [3.63, 3.8) is 0 Å². The fourth-order valence-electron chi connectivity index (χ4n) is 3.01. The summed E-state index contributed by atoms with van der Waals surface area (Å²) in [6.07, 6.45) is 2.86. The number of rotatable bonds is 7. The van der Waals surface area contributed by atoms with E-state index in [0.717, 1.165) is 29.7 Å². The number of hydrogen-bond acceptors (Lipinski definition) is 3. The van der Waals surface area contributed by atoms with E-state index in [2.05, 4.69) is 5.32 Å². The quantitative estimate of drug-likeness (QED) is 0.821. The van der Waals surface area contributed by atoms with Gasteiger partial charge in [0.2, 0.25) is 0 Å². The van der Waals surface area contributed by atoms with Crippen molar-refractivity contribution in [2.75, 3.05) is 13.7 Å². The largest absolute Gasteiger partial charge is 0.496 e. The molecule has 0 radical (unpaired) electrons. The lowest BCUT2D eigenvalue weighted by atomic mass is 10.0. The van der Waals surface area contributed by atoms with Crippen LogP contribution in [0.1, 0.15) is 29.6 Å². The molecule has 1 saturated carbocycles. The zero-order valence-corrected chi connectivity index (χ0v) is 13.9. The van der Waals surface area contributed by atoms with E-state index >= 15 is 0 Å². The lowest BCUT2D eigenvalue weighted by molar-refractivity contribution is 0.0924. The van der Waals surface area contributed by atoms with E-state index in [-0.39, 0.29) is 18.6 Å². The number of ether oxygens (including phenoxy) is 1. The van der Waals surface area contributed by atoms with Crippen LogP contribution >= 0.6 is 0 Å². The molecule has 0 saturated heterocycles. The molecule has 2 aromatic rings. The summed E-state index contributed by atoms with van der Waals surface area (Å²) in [6.45, 7) is 0.0966. The number of aliphatic hydroxyl groups excluding tert-OH is 1. The Hall–Kier alpha value is -2.33. The maximum atomic E-state index is 12.6. The van der Waals surface area contributed by atoms with E-state index in [4.69, 9.17) is 4.74 Å². The molecule has 0 spiro atoms. The Morgan fingerprint density at radius 1 is 1.25 bits per heavy atom. The summed E-state index contributed by atoms with van der Waals surface area (Å²) in [4.78, 5) is 12.6. The van der Waals surface area contributed by atoms with Gasteiger partial charge in [0.1, 0.15) is 5.75 Å². The molecule has 0 heterocycles. The predicted octanol–water partition coefficient (Wildman–Crippen LogP) is 3.25. The SMILES string of the molecule is COc1ccc(C(=O)NC(CCO)C2CC2)cc1-c1ccccc1. The van der Waals surface area contributed by atoms with Crippen LogP contribution in [0, 0.1) is 5.92 Å². The Balaban J connectivity index is 1.84. The molecule has 0 aromatic heterocycles. The predicted molar refractivity (Wildman–Crippen MR) is 94.1 cm³/mol. The zero-order valence-electron chi connectivity index (χ0n) is 13.9. The summed E-state index contributed by atoms with van der Waals surface area (Å²) in [5.41, 5.74) is 2.52. The molecular formula is C20H23NO3. The first-order chi connectivity index (χ1) is 11.7. The number of carbonyl (C=O) groups excluding carboxylic acids is 1. The van der Waals surface area contributed by atoms with E-state index in [0.29, 0.717) is 17.9 Å². The molecule has 2 N–H and O–H groups in total. The average Bonchev–Trinajstić information content (AvgIpc) is 3.46. The van der Waals surface area contributed by atoms with Crippen molar-refractivity contribution >= 4 is 5.91 Å². The number of hydrogen-bond donors (Lipinski definition) is 2. The fraction of sp³-hybridized carbons (Fsp3) is 0.350. The van der Waals surface area contributed by atoms with Crippen LogP contribution < -0.4 is 10.1 Å². The lowest BCUT2D eigenvalue weighted by Crippen LogP contribution is -2.37. The molecule has 1 amide bonds. The van der Waals surface area contributed by atoms with Crippen LogP contribution in [0.3, 0.4) is 0 Å². The number of nitrogens with one attached hydrogen (secondary N) is 1. The molecule has 1 unspecified atom stereocenters. The third-order valence-electron chi connectivity index (χ3n) is 4.49. The molecule has 1 atom stereocenters. The molecule has 0 aliphatic heterocycles. The van der Waals surface area contributed by atoms with Crippen LogP contribution in [0.4, 0.5) is 0 Å². The topological polar surface area (TPSA) is 58.6 Å². The van der Waals surface area contributed by atoms with Crippen molar-refractivity contribution in [1.29, 1.82) is 0 Å². The smallest absolute Gasteiger partial charge is 0.251 e. The molecule has 4 heteroatoms. The summed E-state index contributed by atoms with van der Waals surface area (Å²) in [5.74, 6) is 1.15. The highest BCUT2D eigenvalue weighted by molar-refractivity contribution is 5.96. The second kappa shape index (κ2) is 7.49. The first-order valence-corrected chi connectivity index (χ1v) is 8.38. The van der Waals surface area contributed by atoms with Crippen molar-refractivity contribution in [1.82, 2.24) is 5.32 Å². The average molecular weight is 325 g/mol. The van der Waals surface area contributed by atoms with Crippen LogP contribution in [0.2, 0.25) is 0 Å². The van der Waals surface area contributed by atoms with E-state index in [9.17, 15) is 9.90 Å². The van der Waals surface area contributed by atoms with Crippen molar-refractivity contribution in [3.8, 4) is 16.9 Å². The lowest BCUT2D eigenvalue weighted by Gasteiger charge is -2.18. The minimum Gasteiger partial charge on any atom is -0.496 e. The molecule has 3 rings (SSSR count). The number of amides is 1. The molecule has 0 bridgehead atoms. The second-order valence-electron chi connectivity index (χ2n) is 6.21. The molecule has 24 heavy (non-hydrogen) atoms. The molecule has 1 fully saturated rings. The Labute approximate surface area is 142 Å². The summed E-state index contributed by atoms with van der Waals surface area (Å²) >= 11 is 0. The van der Waals surface area contributed by atoms with Gasteiger partial charge in [0.05, 0.1) is 7.11 Å². The maximum Gasteiger partial charge on any atom is 0.251 e. The van der Waals surface area contributed by atoms with Gasteiger partial charge in [-0.25, -0.2) is 0 Å². The highest BCUT2D eigenvalue weighted by Gasteiger charge is 2.32. The van der Waals surface area contributed by atoms with Crippen molar-refractivity contribution in [3.05, 3.63) is 54.1 Å². The summed E-state index contributed by atoms with van der Waals surface area (Å²) in [7, 11) is 1.63. The third kappa shape index (κ3) is 3.77. The molecule has 126 valence electrons. The highest BCUT2D eigenvalue weighted by Crippen LogP contribution is 2.34. The number of aliphatic hydroxyl groups is 1. The zero-order chi connectivity index (χ0) is 16.9. The van der Waals surface area contributed by atoms with Gasteiger partial charge in [-0.3, -0.25) is 4.79 Å². The van der Waals surface area contributed by atoms with Gasteiger partial charge in [-0.05, 0) is 48.9 Å². The van der Waals surface area contributed by atoms with Gasteiger partial charge < -0.3 is 15.2 Å². The number of carbonyl (C=O) groups is 1. The van der Waals surface area contributed by atoms with Gasteiger partial charge >= 0.3 is 0 Å². The van der Waals surface area contributed by atoms with Crippen molar-refractivity contribution in [2.24, 2.45) is 5.92 Å². The Kier molecular flexibility index (Phi) is 5.16. The first kappa shape index (κ1) is 16.5. The Bertz CT molecular complexity index is 695. The van der Waals surface area contributed by atoms with Gasteiger partial charge in [-0.15, -0.1) is 0 Å². The number of benzene rings is 2. The van der Waals surface area contributed by atoms with Crippen LogP contribution in [0.5, 0.6) is 5.75 Å². The third-order valence-corrected chi connectivity index (χ3v) is 4.49. The van der Waals surface area contributed by atoms with E-state index in [1.165, 1.54) is 0 Å². The minimum absolute atomic E-state index is 0.0600. The monoisotopic (exact) mass is 325 g/mol. The maximum absolute atomic E-state index is 12.6. The number of methoxy groups -OCH3 is 1. The first-order valence-electron chi connectivity index (χ1n) is 8.38. The Morgan fingerprint density at radius 3 is 2.62 bits per heavy atom. The van der Waals surface area contributed by atoms with Gasteiger partial charge in [0.15, 0.2) is 0 Å². The summed E-state index contributed by atoms with van der Waals surface area (Å²) in [5, 5.41) is 12.3. The van der Waals surface area contributed by atoms with Gasteiger partial charge in [0, 0.05) is 23.8 Å². The highest BCUT2D eigenvalue weighted by atomic mass is 16.5. The molecule has 2 aromatic carbocycles. The van der Waals surface area contributed by atoms with Crippen LogP contribution in [0.25, 0.3) is 11.1 Å². The Morgan fingerprint density at radius 2 is 2.00 bits per heavy atom. The van der Waals surface area contributed by atoms with Crippen LogP contribution in [-0.2, 0) is 0 Å². The molecule has 1 aliphatic rings. The summed E-state index contributed by atoms with van der Waals surface area (Å²) < 4.78 is 5.44. The second-order valence-corrected chi connectivity index (χ2v) is 6.21. The minimum atomic E-state index is -0.0971. The normalized spacial score (nSPS) is 14.9. The van der Waals surface area contributed by atoms with E-state index < -0.39 is 0 Å². The van der Waals surface area contributed by atoms with E-state index in [1.807, 2.05) is 42.5 Å². The summed E-state index contributed by atoms with van der Waals surface area (Å²) in [6, 6.07) is 15.4.